The second-order valence-electron chi connectivity index (χ2n) is 6.05. The molecule has 6 heteroatoms. The summed E-state index contributed by atoms with van der Waals surface area (Å²) in [6, 6.07) is 13.7. The highest BCUT2D eigenvalue weighted by Crippen LogP contribution is 2.40. The van der Waals surface area contributed by atoms with Gasteiger partial charge in [0.25, 0.3) is 5.91 Å². The number of nitrogens with one attached hydrogen (secondary N) is 1. The van der Waals surface area contributed by atoms with Gasteiger partial charge in [-0.1, -0.05) is 29.8 Å². The number of hydrogen-bond acceptors (Lipinski definition) is 5. The Morgan fingerprint density at radius 1 is 1.20 bits per heavy atom. The van der Waals surface area contributed by atoms with Gasteiger partial charge in [-0.3, -0.25) is 9.78 Å². The number of ether oxygens (including phenoxy) is 1. The van der Waals surface area contributed by atoms with Crippen LogP contribution in [0.1, 0.15) is 32.9 Å². The molecule has 1 aliphatic rings. The van der Waals surface area contributed by atoms with Gasteiger partial charge in [-0.25, -0.2) is 4.37 Å². The standard InChI is InChI=1S/C19H17N3O2S/c1-13-4-6-14(7-5-13)19(22-18(23)16-8-11-21-25-16)9-12-24-15-3-2-10-20-17(15)19/h2-8,10-11H,9,12H2,1H3,(H,22,23)/t19-/m0/s1. The highest BCUT2D eigenvalue weighted by atomic mass is 32.1. The van der Waals surface area contributed by atoms with Crippen LogP contribution in [0, 0.1) is 6.92 Å². The summed E-state index contributed by atoms with van der Waals surface area (Å²) in [7, 11) is 0. The number of rotatable bonds is 3. The molecule has 0 radical (unpaired) electrons. The summed E-state index contributed by atoms with van der Waals surface area (Å²) < 4.78 is 9.80. The Morgan fingerprint density at radius 2 is 2.04 bits per heavy atom. The number of amides is 1. The van der Waals surface area contributed by atoms with E-state index in [0.717, 1.165) is 11.3 Å². The first-order valence-electron chi connectivity index (χ1n) is 8.08. The number of carbonyl (C=O) groups is 1. The van der Waals surface area contributed by atoms with Crippen molar-refractivity contribution in [3.63, 3.8) is 0 Å². The van der Waals surface area contributed by atoms with Crippen LogP contribution in [-0.2, 0) is 5.54 Å². The lowest BCUT2D eigenvalue weighted by Crippen LogP contribution is -2.50. The number of hydrogen-bond donors (Lipinski definition) is 1. The minimum atomic E-state index is -0.719. The van der Waals surface area contributed by atoms with E-state index in [-0.39, 0.29) is 5.91 Å². The van der Waals surface area contributed by atoms with Crippen molar-refractivity contribution < 1.29 is 9.53 Å². The zero-order valence-corrected chi connectivity index (χ0v) is 14.5. The van der Waals surface area contributed by atoms with Crippen LogP contribution in [0.3, 0.4) is 0 Å². The van der Waals surface area contributed by atoms with Crippen LogP contribution in [0.5, 0.6) is 5.75 Å². The number of aromatic nitrogens is 2. The summed E-state index contributed by atoms with van der Waals surface area (Å²) in [4.78, 5) is 18.0. The van der Waals surface area contributed by atoms with E-state index in [0.29, 0.717) is 23.7 Å². The molecule has 25 heavy (non-hydrogen) atoms. The topological polar surface area (TPSA) is 64.1 Å². The van der Waals surface area contributed by atoms with Crippen molar-refractivity contribution in [2.24, 2.45) is 0 Å². The van der Waals surface area contributed by atoms with Gasteiger partial charge in [0.2, 0.25) is 0 Å². The molecule has 1 aromatic carbocycles. The molecule has 0 aliphatic carbocycles. The smallest absolute Gasteiger partial charge is 0.264 e. The maximum Gasteiger partial charge on any atom is 0.264 e. The van der Waals surface area contributed by atoms with Crippen molar-refractivity contribution in [3.05, 3.63) is 76.6 Å². The average molecular weight is 351 g/mol. The van der Waals surface area contributed by atoms with Gasteiger partial charge in [0, 0.05) is 18.8 Å². The number of benzene rings is 1. The Labute approximate surface area is 149 Å². The van der Waals surface area contributed by atoms with Crippen molar-refractivity contribution in [2.45, 2.75) is 18.9 Å². The van der Waals surface area contributed by atoms with Gasteiger partial charge in [0.1, 0.15) is 21.9 Å². The van der Waals surface area contributed by atoms with Gasteiger partial charge in [-0.05, 0) is 42.2 Å². The monoisotopic (exact) mass is 351 g/mol. The van der Waals surface area contributed by atoms with Crippen LogP contribution >= 0.6 is 11.5 Å². The minimum Gasteiger partial charge on any atom is -0.491 e. The zero-order valence-electron chi connectivity index (χ0n) is 13.7. The van der Waals surface area contributed by atoms with Crippen LogP contribution in [0.2, 0.25) is 0 Å². The van der Waals surface area contributed by atoms with Gasteiger partial charge in [0.05, 0.1) is 6.61 Å². The lowest BCUT2D eigenvalue weighted by atomic mass is 9.81. The molecule has 0 bridgehead atoms. The van der Waals surface area contributed by atoms with Crippen LogP contribution in [-0.4, -0.2) is 21.9 Å². The molecule has 1 amide bonds. The molecule has 1 atom stereocenters. The van der Waals surface area contributed by atoms with Gasteiger partial charge in [-0.15, -0.1) is 0 Å². The van der Waals surface area contributed by atoms with Gasteiger partial charge in [0.15, 0.2) is 0 Å². The van der Waals surface area contributed by atoms with Crippen LogP contribution in [0.15, 0.2) is 54.9 Å². The van der Waals surface area contributed by atoms with E-state index in [2.05, 4.69) is 14.7 Å². The van der Waals surface area contributed by atoms with E-state index >= 15 is 0 Å². The van der Waals surface area contributed by atoms with Crippen molar-refractivity contribution in [3.8, 4) is 5.75 Å². The van der Waals surface area contributed by atoms with Crippen LogP contribution < -0.4 is 10.1 Å². The molecular formula is C19H17N3O2S. The highest BCUT2D eigenvalue weighted by Gasteiger charge is 2.42. The molecule has 4 rings (SSSR count). The van der Waals surface area contributed by atoms with E-state index in [4.69, 9.17) is 4.74 Å². The molecular weight excluding hydrogens is 334 g/mol. The summed E-state index contributed by atoms with van der Waals surface area (Å²) in [5.74, 6) is 0.556. The van der Waals surface area contributed by atoms with E-state index in [9.17, 15) is 4.79 Å². The molecule has 5 nitrogen and oxygen atoms in total. The predicted molar refractivity (Wildman–Crippen MR) is 95.9 cm³/mol. The fourth-order valence-corrected chi connectivity index (χ4v) is 3.65. The zero-order chi connectivity index (χ0) is 17.3. The third-order valence-corrected chi connectivity index (χ3v) is 5.19. The van der Waals surface area contributed by atoms with E-state index in [1.54, 1.807) is 18.5 Å². The number of pyridine rings is 1. The molecule has 1 aliphatic heterocycles. The highest BCUT2D eigenvalue weighted by molar-refractivity contribution is 7.08. The first kappa shape index (κ1) is 15.8. The number of aryl methyl sites for hydroxylation is 1. The molecule has 0 spiro atoms. The van der Waals surface area contributed by atoms with Crippen LogP contribution in [0.25, 0.3) is 0 Å². The second kappa shape index (κ2) is 6.29. The number of fused-ring (bicyclic) bond motifs is 1. The molecule has 1 N–H and O–H groups in total. The summed E-state index contributed by atoms with van der Waals surface area (Å²) >= 11 is 1.18. The molecule has 2 aromatic heterocycles. The summed E-state index contributed by atoms with van der Waals surface area (Å²) in [6.07, 6.45) is 3.98. The van der Waals surface area contributed by atoms with Crippen molar-refractivity contribution >= 4 is 17.4 Å². The Bertz CT molecular complexity index is 893. The Hall–Kier alpha value is -2.73. The Morgan fingerprint density at radius 3 is 2.80 bits per heavy atom. The van der Waals surface area contributed by atoms with E-state index in [1.165, 1.54) is 17.1 Å². The Balaban J connectivity index is 1.85. The van der Waals surface area contributed by atoms with Gasteiger partial charge < -0.3 is 10.1 Å². The van der Waals surface area contributed by atoms with Crippen molar-refractivity contribution in [1.29, 1.82) is 0 Å². The largest absolute Gasteiger partial charge is 0.491 e. The number of nitrogens with zero attached hydrogens (tertiary/aromatic N) is 2. The Kier molecular flexibility index (Phi) is 3.97. The van der Waals surface area contributed by atoms with Crippen LogP contribution in [0.4, 0.5) is 0 Å². The molecule has 126 valence electrons. The fraction of sp³-hybridized carbons (Fsp3) is 0.211. The lowest BCUT2D eigenvalue weighted by Gasteiger charge is -2.38. The van der Waals surface area contributed by atoms with E-state index < -0.39 is 5.54 Å². The SMILES string of the molecule is Cc1ccc([C@@]2(NC(=O)c3ccns3)CCOc3cccnc32)cc1. The van der Waals surface area contributed by atoms with Crippen molar-refractivity contribution in [2.75, 3.05) is 6.61 Å². The second-order valence-corrected chi connectivity index (χ2v) is 6.88. The third kappa shape index (κ3) is 2.78. The molecule has 0 unspecified atom stereocenters. The quantitative estimate of drug-likeness (QED) is 0.786. The third-order valence-electron chi connectivity index (χ3n) is 4.44. The number of carbonyl (C=O) groups excluding carboxylic acids is 1. The fourth-order valence-electron chi connectivity index (χ4n) is 3.16. The first-order chi connectivity index (χ1) is 12.2. The molecule has 3 aromatic rings. The summed E-state index contributed by atoms with van der Waals surface area (Å²) in [5.41, 5.74) is 2.19. The lowest BCUT2D eigenvalue weighted by molar-refractivity contribution is 0.0888. The van der Waals surface area contributed by atoms with Crippen molar-refractivity contribution in [1.82, 2.24) is 14.7 Å². The maximum atomic E-state index is 12.8. The maximum absolute atomic E-state index is 12.8. The predicted octanol–water partition coefficient (Wildman–Crippen LogP) is 3.30. The minimum absolute atomic E-state index is 0.151. The first-order valence-corrected chi connectivity index (χ1v) is 8.85. The average Bonchev–Trinajstić information content (AvgIpc) is 3.17. The van der Waals surface area contributed by atoms with Gasteiger partial charge >= 0.3 is 0 Å². The summed E-state index contributed by atoms with van der Waals surface area (Å²) in [6.45, 7) is 2.55. The molecule has 0 saturated heterocycles. The van der Waals surface area contributed by atoms with E-state index in [1.807, 2.05) is 43.3 Å². The molecule has 0 fully saturated rings. The molecule has 3 heterocycles. The summed E-state index contributed by atoms with van der Waals surface area (Å²) in [5, 5.41) is 3.22. The molecule has 0 saturated carbocycles. The normalized spacial score (nSPS) is 18.9. The van der Waals surface area contributed by atoms with Gasteiger partial charge in [-0.2, -0.15) is 0 Å².